The topological polar surface area (TPSA) is 39.2 Å². The fraction of sp³-hybridized carbons (Fsp3) is 0.111. The average Bonchev–Trinajstić information content (AvgIpc) is 2.71. The minimum atomic E-state index is -0.446. The van der Waals surface area contributed by atoms with E-state index in [1.807, 2.05) is 54.6 Å². The predicted molar refractivity (Wildman–Crippen MR) is 87.3 cm³/mol. The van der Waals surface area contributed by atoms with Crippen molar-refractivity contribution in [2.75, 3.05) is 6.61 Å². The normalized spacial score (nSPS) is 10.6. The average molecular weight is 312 g/mol. The van der Waals surface area contributed by atoms with Crippen LogP contribution >= 0.6 is 11.6 Å². The number of ether oxygens (including phenoxy) is 1. The third kappa shape index (κ3) is 2.55. The highest BCUT2D eigenvalue weighted by Gasteiger charge is 2.26. The van der Waals surface area contributed by atoms with Gasteiger partial charge in [0.05, 0.1) is 12.3 Å². The summed E-state index contributed by atoms with van der Waals surface area (Å²) in [5.74, 6) is -0.446. The molecule has 1 heterocycles. The van der Waals surface area contributed by atoms with Gasteiger partial charge in [-0.1, -0.05) is 60.1 Å². The van der Waals surface area contributed by atoms with Crippen molar-refractivity contribution in [3.63, 3.8) is 0 Å². The SMILES string of the molecule is CCOC(=O)c1c(Cl)nc2ccccc(-c3ccccc3)c1-2. The van der Waals surface area contributed by atoms with Gasteiger partial charge in [-0.25, -0.2) is 9.78 Å². The second-order valence-electron chi connectivity index (χ2n) is 4.76. The van der Waals surface area contributed by atoms with Gasteiger partial charge in [0, 0.05) is 5.56 Å². The van der Waals surface area contributed by atoms with E-state index in [2.05, 4.69) is 4.98 Å². The van der Waals surface area contributed by atoms with Gasteiger partial charge in [-0.2, -0.15) is 0 Å². The van der Waals surface area contributed by atoms with E-state index in [0.29, 0.717) is 17.9 Å². The minimum absolute atomic E-state index is 0.178. The van der Waals surface area contributed by atoms with E-state index in [1.54, 1.807) is 6.92 Å². The largest absolute Gasteiger partial charge is 0.462 e. The number of fused-ring (bicyclic) bond motifs is 1. The molecule has 110 valence electrons. The molecule has 22 heavy (non-hydrogen) atoms. The van der Waals surface area contributed by atoms with Crippen molar-refractivity contribution in [2.24, 2.45) is 0 Å². The van der Waals surface area contributed by atoms with Crippen LogP contribution < -0.4 is 0 Å². The standard InChI is InChI=1S/C18H14ClNO2/c1-2-22-18(21)16-15-13(12-8-4-3-5-9-12)10-6-7-11-14(15)20-17(16)19/h3-11H,2H2,1H3. The van der Waals surface area contributed by atoms with Gasteiger partial charge in [-0.15, -0.1) is 0 Å². The lowest BCUT2D eigenvalue weighted by Crippen LogP contribution is -2.05. The lowest BCUT2D eigenvalue weighted by Gasteiger charge is -2.07. The number of benzene rings is 1. The Hall–Kier alpha value is -2.39. The lowest BCUT2D eigenvalue weighted by molar-refractivity contribution is 0.0528. The second-order valence-corrected chi connectivity index (χ2v) is 5.11. The molecule has 0 unspecified atom stereocenters. The van der Waals surface area contributed by atoms with Crippen molar-refractivity contribution in [1.29, 1.82) is 0 Å². The molecule has 0 atom stereocenters. The molecule has 1 aromatic rings. The van der Waals surface area contributed by atoms with Crippen LogP contribution in [-0.4, -0.2) is 17.6 Å². The van der Waals surface area contributed by atoms with Crippen LogP contribution in [-0.2, 0) is 4.74 Å². The number of rotatable bonds is 3. The van der Waals surface area contributed by atoms with E-state index in [9.17, 15) is 4.79 Å². The van der Waals surface area contributed by atoms with Crippen LogP contribution in [0.4, 0.5) is 0 Å². The summed E-state index contributed by atoms with van der Waals surface area (Å²) in [7, 11) is 0. The van der Waals surface area contributed by atoms with Crippen molar-refractivity contribution in [1.82, 2.24) is 4.98 Å². The van der Waals surface area contributed by atoms with Crippen LogP contribution in [0.25, 0.3) is 22.4 Å². The van der Waals surface area contributed by atoms with Gasteiger partial charge >= 0.3 is 5.97 Å². The summed E-state index contributed by atoms with van der Waals surface area (Å²) >= 11 is 6.19. The van der Waals surface area contributed by atoms with Gasteiger partial charge in [0.25, 0.3) is 0 Å². The van der Waals surface area contributed by atoms with Gasteiger partial charge in [-0.3, -0.25) is 0 Å². The van der Waals surface area contributed by atoms with Crippen LogP contribution in [0.2, 0.25) is 5.15 Å². The van der Waals surface area contributed by atoms with E-state index >= 15 is 0 Å². The number of carbonyl (C=O) groups is 1. The fourth-order valence-electron chi connectivity index (χ4n) is 2.47. The van der Waals surface area contributed by atoms with E-state index in [0.717, 1.165) is 16.7 Å². The Morgan fingerprint density at radius 1 is 1.09 bits per heavy atom. The molecule has 1 aromatic carbocycles. The Labute approximate surface area is 133 Å². The highest BCUT2D eigenvalue weighted by molar-refractivity contribution is 6.34. The maximum absolute atomic E-state index is 12.3. The fourth-order valence-corrected chi connectivity index (χ4v) is 2.73. The number of aromatic nitrogens is 1. The molecular formula is C18H14ClNO2. The van der Waals surface area contributed by atoms with Gasteiger partial charge in [-0.05, 0) is 24.1 Å². The number of halogens is 1. The van der Waals surface area contributed by atoms with Gasteiger partial charge in [0.1, 0.15) is 10.7 Å². The Morgan fingerprint density at radius 2 is 1.77 bits per heavy atom. The molecular weight excluding hydrogens is 298 g/mol. The van der Waals surface area contributed by atoms with Crippen molar-refractivity contribution in [3.05, 3.63) is 65.3 Å². The van der Waals surface area contributed by atoms with Gasteiger partial charge < -0.3 is 4.74 Å². The number of carbonyl (C=O) groups excluding carboxylic acids is 1. The third-order valence-corrected chi connectivity index (χ3v) is 3.67. The van der Waals surface area contributed by atoms with Crippen molar-refractivity contribution in [2.45, 2.75) is 6.92 Å². The molecule has 0 saturated carbocycles. The molecule has 0 fully saturated rings. The summed E-state index contributed by atoms with van der Waals surface area (Å²) in [5, 5.41) is 0.178. The first-order valence-electron chi connectivity index (χ1n) is 7.03. The zero-order valence-electron chi connectivity index (χ0n) is 12.0. The van der Waals surface area contributed by atoms with Gasteiger partial charge in [0.2, 0.25) is 0 Å². The molecule has 3 nitrogen and oxygen atoms in total. The zero-order chi connectivity index (χ0) is 15.5. The molecule has 0 N–H and O–H groups in total. The zero-order valence-corrected chi connectivity index (χ0v) is 12.8. The smallest absolute Gasteiger partial charge is 0.341 e. The Morgan fingerprint density at radius 3 is 2.50 bits per heavy atom. The molecule has 1 aliphatic heterocycles. The number of hydrogen-bond acceptors (Lipinski definition) is 3. The van der Waals surface area contributed by atoms with E-state index in [4.69, 9.17) is 16.3 Å². The summed E-state index contributed by atoms with van der Waals surface area (Å²) in [4.78, 5) is 16.6. The summed E-state index contributed by atoms with van der Waals surface area (Å²) in [6, 6.07) is 17.4. The highest BCUT2D eigenvalue weighted by atomic mass is 35.5. The predicted octanol–water partition coefficient (Wildman–Crippen LogP) is 4.68. The van der Waals surface area contributed by atoms with E-state index in [-0.39, 0.29) is 5.15 Å². The molecule has 0 spiro atoms. The number of esters is 1. The first-order chi connectivity index (χ1) is 10.7. The Balaban J connectivity index is 2.30. The third-order valence-electron chi connectivity index (χ3n) is 3.39. The summed E-state index contributed by atoms with van der Waals surface area (Å²) in [6.45, 7) is 2.06. The molecule has 4 heteroatoms. The van der Waals surface area contributed by atoms with Crippen molar-refractivity contribution in [3.8, 4) is 22.4 Å². The number of hydrogen-bond donors (Lipinski definition) is 0. The lowest BCUT2D eigenvalue weighted by atomic mass is 9.98. The summed E-state index contributed by atoms with van der Waals surface area (Å²) in [5.41, 5.74) is 3.63. The summed E-state index contributed by atoms with van der Waals surface area (Å²) < 4.78 is 5.13. The van der Waals surface area contributed by atoms with Crippen molar-refractivity contribution >= 4 is 17.6 Å². The second kappa shape index (κ2) is 6.16. The van der Waals surface area contributed by atoms with Crippen molar-refractivity contribution < 1.29 is 9.53 Å². The Bertz CT molecular complexity index is 787. The van der Waals surface area contributed by atoms with E-state index < -0.39 is 5.97 Å². The first kappa shape index (κ1) is 14.5. The minimum Gasteiger partial charge on any atom is -0.462 e. The van der Waals surface area contributed by atoms with Crippen LogP contribution in [0.5, 0.6) is 0 Å². The van der Waals surface area contributed by atoms with Gasteiger partial charge in [0.15, 0.2) is 0 Å². The molecule has 2 aliphatic rings. The molecule has 0 bridgehead atoms. The maximum atomic E-state index is 12.3. The Kier molecular flexibility index (Phi) is 4.07. The number of nitrogens with zero attached hydrogens (tertiary/aromatic N) is 1. The quantitative estimate of drug-likeness (QED) is 0.659. The molecule has 0 saturated heterocycles. The van der Waals surface area contributed by atoms with Crippen LogP contribution in [0.15, 0.2) is 54.6 Å². The first-order valence-corrected chi connectivity index (χ1v) is 7.41. The van der Waals surface area contributed by atoms with Crippen LogP contribution in [0, 0.1) is 0 Å². The molecule has 0 aromatic heterocycles. The molecule has 1 aliphatic carbocycles. The van der Waals surface area contributed by atoms with E-state index in [1.165, 1.54) is 0 Å². The monoisotopic (exact) mass is 311 g/mol. The molecule has 0 amide bonds. The molecule has 3 rings (SSSR count). The van der Waals surface area contributed by atoms with Crippen LogP contribution in [0.1, 0.15) is 17.3 Å². The summed E-state index contributed by atoms with van der Waals surface area (Å²) in [6.07, 6.45) is 0. The van der Waals surface area contributed by atoms with Crippen LogP contribution in [0.3, 0.4) is 0 Å². The molecule has 0 radical (unpaired) electrons. The maximum Gasteiger partial charge on any atom is 0.341 e. The highest BCUT2D eigenvalue weighted by Crippen LogP contribution is 2.39.